The Labute approximate surface area is 195 Å². The monoisotopic (exact) mass is 458 g/mol. The molecular weight excluding hydrogens is 420 g/mol. The van der Waals surface area contributed by atoms with Crippen LogP contribution in [0, 0.1) is 29.6 Å². The van der Waals surface area contributed by atoms with Crippen molar-refractivity contribution < 1.29 is 19.4 Å². The summed E-state index contributed by atoms with van der Waals surface area (Å²) in [5, 5.41) is 19.6. The Balaban J connectivity index is 1.26. The van der Waals surface area contributed by atoms with Gasteiger partial charge in [0.05, 0.1) is 25.9 Å². The molecule has 5 fully saturated rings. The number of rotatable bonds is 10. The second kappa shape index (κ2) is 10.0. The van der Waals surface area contributed by atoms with Crippen molar-refractivity contribution in [2.45, 2.75) is 76.8 Å². The lowest BCUT2D eigenvalue weighted by molar-refractivity contribution is -0.135. The van der Waals surface area contributed by atoms with E-state index >= 15 is 0 Å². The summed E-state index contributed by atoms with van der Waals surface area (Å²) < 4.78 is 7.96. The summed E-state index contributed by atoms with van der Waals surface area (Å²) in [6.07, 6.45) is 14.2. The van der Waals surface area contributed by atoms with E-state index in [1.165, 1.54) is 64.2 Å². The topological polar surface area (TPSA) is 105 Å². The summed E-state index contributed by atoms with van der Waals surface area (Å²) in [4.78, 5) is 24.2. The SMILES string of the molecule is O=C(O)CNCCn1ncc(C(=O)NC2C3CC4CC(C3)CC2C4)c1OCC1CCCCC1. The van der Waals surface area contributed by atoms with Crippen molar-refractivity contribution in [2.24, 2.45) is 29.6 Å². The normalized spacial score (nSPS) is 31.0. The van der Waals surface area contributed by atoms with Crippen molar-refractivity contribution in [3.05, 3.63) is 11.8 Å². The quantitative estimate of drug-likeness (QED) is 0.466. The smallest absolute Gasteiger partial charge is 0.317 e. The van der Waals surface area contributed by atoms with Gasteiger partial charge < -0.3 is 20.5 Å². The van der Waals surface area contributed by atoms with E-state index in [0.717, 1.165) is 11.8 Å². The lowest BCUT2D eigenvalue weighted by Crippen LogP contribution is -2.55. The summed E-state index contributed by atoms with van der Waals surface area (Å²) in [6, 6.07) is 0.275. The molecule has 5 saturated carbocycles. The minimum absolute atomic E-state index is 0.0733. The van der Waals surface area contributed by atoms with Gasteiger partial charge in [-0.3, -0.25) is 9.59 Å². The molecule has 1 heterocycles. The fourth-order valence-corrected chi connectivity index (χ4v) is 7.16. The fourth-order valence-electron chi connectivity index (χ4n) is 7.16. The summed E-state index contributed by atoms with van der Waals surface area (Å²) in [6.45, 7) is 1.41. The zero-order valence-corrected chi connectivity index (χ0v) is 19.5. The Morgan fingerprint density at radius 3 is 2.42 bits per heavy atom. The number of carboxylic acid groups (broad SMARTS) is 1. The van der Waals surface area contributed by atoms with Crippen molar-refractivity contribution in [3.8, 4) is 5.88 Å². The number of carbonyl (C=O) groups excluding carboxylic acids is 1. The number of carboxylic acids is 1. The van der Waals surface area contributed by atoms with Crippen LogP contribution in [0.4, 0.5) is 0 Å². The maximum absolute atomic E-state index is 13.4. The molecule has 33 heavy (non-hydrogen) atoms. The molecule has 1 aromatic rings. The number of ether oxygens (including phenoxy) is 1. The third-order valence-electron chi connectivity index (χ3n) is 8.52. The Kier molecular flexibility index (Phi) is 6.90. The first-order valence-corrected chi connectivity index (χ1v) is 13.0. The third-order valence-corrected chi connectivity index (χ3v) is 8.52. The van der Waals surface area contributed by atoms with E-state index < -0.39 is 5.97 Å². The van der Waals surface area contributed by atoms with E-state index in [0.29, 0.717) is 48.9 Å². The zero-order chi connectivity index (χ0) is 22.8. The standard InChI is InChI=1S/C25H38N4O4/c30-22(31)14-26-6-7-29-25(33-15-16-4-2-1-3-5-16)21(13-27-29)24(32)28-23-19-9-17-8-18(11-19)12-20(23)10-17/h13,16-20,23,26H,1-12,14-15H2,(H,28,32)(H,30,31). The van der Waals surface area contributed by atoms with Gasteiger partial charge in [0.25, 0.3) is 5.91 Å². The predicted octanol–water partition coefficient (Wildman–Crippen LogP) is 3.07. The van der Waals surface area contributed by atoms with Crippen LogP contribution in [0.5, 0.6) is 5.88 Å². The second-order valence-corrected chi connectivity index (χ2v) is 10.9. The Hall–Kier alpha value is -2.09. The fraction of sp³-hybridized carbons (Fsp3) is 0.800. The molecule has 8 nitrogen and oxygen atoms in total. The first kappa shape index (κ1) is 22.7. The molecule has 6 rings (SSSR count). The van der Waals surface area contributed by atoms with Gasteiger partial charge in [0.1, 0.15) is 5.56 Å². The van der Waals surface area contributed by atoms with E-state index in [1.54, 1.807) is 10.9 Å². The first-order valence-electron chi connectivity index (χ1n) is 13.0. The summed E-state index contributed by atoms with van der Waals surface area (Å²) >= 11 is 0. The van der Waals surface area contributed by atoms with E-state index in [2.05, 4.69) is 15.7 Å². The van der Waals surface area contributed by atoms with Gasteiger partial charge in [-0.15, -0.1) is 0 Å². The summed E-state index contributed by atoms with van der Waals surface area (Å²) in [5.41, 5.74) is 0.512. The van der Waals surface area contributed by atoms with E-state index in [-0.39, 0.29) is 18.5 Å². The maximum atomic E-state index is 13.4. The minimum atomic E-state index is -0.889. The zero-order valence-electron chi connectivity index (χ0n) is 19.5. The number of aliphatic carboxylic acids is 1. The van der Waals surface area contributed by atoms with Gasteiger partial charge in [-0.05, 0) is 74.5 Å². The average molecular weight is 459 g/mol. The molecule has 182 valence electrons. The molecule has 8 heteroatoms. The highest BCUT2D eigenvalue weighted by atomic mass is 16.5. The highest BCUT2D eigenvalue weighted by molar-refractivity contribution is 5.96. The average Bonchev–Trinajstić information content (AvgIpc) is 3.20. The Bertz CT molecular complexity index is 819. The highest BCUT2D eigenvalue weighted by Crippen LogP contribution is 2.53. The minimum Gasteiger partial charge on any atom is -0.480 e. The van der Waals surface area contributed by atoms with Crippen LogP contribution in [0.3, 0.4) is 0 Å². The van der Waals surface area contributed by atoms with Crippen LogP contribution in [-0.4, -0.2) is 52.5 Å². The van der Waals surface area contributed by atoms with Crippen LogP contribution in [0.15, 0.2) is 6.20 Å². The van der Waals surface area contributed by atoms with Crippen molar-refractivity contribution in [2.75, 3.05) is 19.7 Å². The number of nitrogens with zero attached hydrogens (tertiary/aromatic N) is 2. The number of carbonyl (C=O) groups is 2. The predicted molar refractivity (Wildman–Crippen MR) is 123 cm³/mol. The largest absolute Gasteiger partial charge is 0.480 e. The summed E-state index contributed by atoms with van der Waals surface area (Å²) in [7, 11) is 0. The Morgan fingerprint density at radius 2 is 1.76 bits per heavy atom. The van der Waals surface area contributed by atoms with E-state index in [4.69, 9.17) is 9.84 Å². The van der Waals surface area contributed by atoms with Gasteiger partial charge >= 0.3 is 5.97 Å². The van der Waals surface area contributed by atoms with Crippen LogP contribution in [0.1, 0.15) is 74.6 Å². The first-order chi connectivity index (χ1) is 16.1. The molecule has 1 aromatic heterocycles. The molecule has 4 bridgehead atoms. The van der Waals surface area contributed by atoms with Crippen LogP contribution in [0.25, 0.3) is 0 Å². The van der Waals surface area contributed by atoms with Gasteiger partial charge in [0.2, 0.25) is 5.88 Å². The van der Waals surface area contributed by atoms with Gasteiger partial charge in [0.15, 0.2) is 0 Å². The van der Waals surface area contributed by atoms with Gasteiger partial charge in [-0.2, -0.15) is 5.10 Å². The molecule has 0 saturated heterocycles. The molecule has 0 aliphatic heterocycles. The van der Waals surface area contributed by atoms with Gasteiger partial charge in [0, 0.05) is 12.6 Å². The summed E-state index contributed by atoms with van der Waals surface area (Å²) in [5.74, 6) is 3.06. The second-order valence-electron chi connectivity index (χ2n) is 10.9. The number of amides is 1. The number of hydrogen-bond acceptors (Lipinski definition) is 5. The maximum Gasteiger partial charge on any atom is 0.317 e. The lowest BCUT2D eigenvalue weighted by Gasteiger charge is -2.54. The van der Waals surface area contributed by atoms with Crippen LogP contribution < -0.4 is 15.4 Å². The molecule has 3 N–H and O–H groups in total. The van der Waals surface area contributed by atoms with Gasteiger partial charge in [-0.25, -0.2) is 4.68 Å². The van der Waals surface area contributed by atoms with Gasteiger partial charge in [-0.1, -0.05) is 19.3 Å². The van der Waals surface area contributed by atoms with Crippen molar-refractivity contribution in [1.82, 2.24) is 20.4 Å². The van der Waals surface area contributed by atoms with Crippen molar-refractivity contribution in [3.63, 3.8) is 0 Å². The molecule has 5 aliphatic rings. The van der Waals surface area contributed by atoms with Crippen molar-refractivity contribution >= 4 is 11.9 Å². The molecular formula is C25H38N4O4. The molecule has 0 unspecified atom stereocenters. The van der Waals surface area contributed by atoms with Crippen LogP contribution in [0.2, 0.25) is 0 Å². The third kappa shape index (κ3) is 5.20. The molecule has 5 aliphatic carbocycles. The van der Waals surface area contributed by atoms with Crippen molar-refractivity contribution in [1.29, 1.82) is 0 Å². The highest BCUT2D eigenvalue weighted by Gasteiger charge is 2.48. The van der Waals surface area contributed by atoms with E-state index in [9.17, 15) is 9.59 Å². The van der Waals surface area contributed by atoms with Crippen LogP contribution in [-0.2, 0) is 11.3 Å². The lowest BCUT2D eigenvalue weighted by atomic mass is 9.54. The molecule has 1 amide bonds. The van der Waals surface area contributed by atoms with E-state index in [1.807, 2.05) is 0 Å². The molecule has 0 aromatic carbocycles. The number of nitrogens with one attached hydrogen (secondary N) is 2. The molecule has 0 spiro atoms. The molecule has 0 radical (unpaired) electrons. The van der Waals surface area contributed by atoms with Crippen LogP contribution >= 0.6 is 0 Å². The molecule has 0 atom stereocenters. The number of aromatic nitrogens is 2. The Morgan fingerprint density at radius 1 is 1.06 bits per heavy atom. The number of hydrogen-bond donors (Lipinski definition) is 3.